The predicted octanol–water partition coefficient (Wildman–Crippen LogP) is 4.39. The smallest absolute Gasteiger partial charge is 0.419 e. The fourth-order valence-corrected chi connectivity index (χ4v) is 3.03. The second-order valence-electron chi connectivity index (χ2n) is 6.37. The van der Waals surface area contributed by atoms with Crippen molar-refractivity contribution in [1.82, 2.24) is 0 Å². The SMILES string of the molecule is O=C1CC(C(F)(F)F)N(C(=O)COc2ccccc2C(F)(F)F)c2ccccc2N1. The Labute approximate surface area is 166 Å². The summed E-state index contributed by atoms with van der Waals surface area (Å²) < 4.78 is 85.0. The molecule has 2 amide bonds. The number of halogens is 6. The highest BCUT2D eigenvalue weighted by atomic mass is 19.4. The molecular formula is C19H14F6N2O3. The number of anilines is 2. The molecule has 160 valence electrons. The quantitative estimate of drug-likeness (QED) is 0.732. The Kier molecular flexibility index (Phi) is 5.64. The van der Waals surface area contributed by atoms with E-state index >= 15 is 0 Å². The molecule has 1 aliphatic rings. The Morgan fingerprint density at radius 2 is 1.67 bits per heavy atom. The van der Waals surface area contributed by atoms with Gasteiger partial charge in [-0.2, -0.15) is 26.3 Å². The lowest BCUT2D eigenvalue weighted by Gasteiger charge is -2.31. The molecule has 0 aromatic heterocycles. The highest BCUT2D eigenvalue weighted by Crippen LogP contribution is 2.39. The van der Waals surface area contributed by atoms with Gasteiger partial charge in [0.15, 0.2) is 6.61 Å². The van der Waals surface area contributed by atoms with Crippen LogP contribution < -0.4 is 15.0 Å². The average molecular weight is 432 g/mol. The van der Waals surface area contributed by atoms with Gasteiger partial charge in [-0.3, -0.25) is 14.5 Å². The number of fused-ring (bicyclic) bond motifs is 1. The number of alkyl halides is 6. The zero-order chi connectivity index (χ0) is 22.1. The Hall–Kier alpha value is -3.24. The highest BCUT2D eigenvalue weighted by molar-refractivity contribution is 6.05. The van der Waals surface area contributed by atoms with Gasteiger partial charge in [-0.1, -0.05) is 24.3 Å². The molecule has 30 heavy (non-hydrogen) atoms. The summed E-state index contributed by atoms with van der Waals surface area (Å²) in [6.07, 6.45) is -10.8. The van der Waals surface area contributed by atoms with Crippen molar-refractivity contribution in [3.8, 4) is 5.75 Å². The number of amides is 2. The number of hydrogen-bond donors (Lipinski definition) is 1. The number of hydrogen-bond acceptors (Lipinski definition) is 3. The summed E-state index contributed by atoms with van der Waals surface area (Å²) in [5.74, 6) is -2.90. The summed E-state index contributed by atoms with van der Waals surface area (Å²) in [4.78, 5) is 24.9. The molecule has 2 aromatic rings. The van der Waals surface area contributed by atoms with Crippen molar-refractivity contribution in [1.29, 1.82) is 0 Å². The largest absolute Gasteiger partial charge is 0.483 e. The van der Waals surface area contributed by atoms with E-state index in [1.165, 1.54) is 30.3 Å². The van der Waals surface area contributed by atoms with Gasteiger partial charge in [0.2, 0.25) is 5.91 Å². The zero-order valence-corrected chi connectivity index (χ0v) is 15.1. The molecule has 1 aliphatic heterocycles. The van der Waals surface area contributed by atoms with Crippen molar-refractivity contribution in [3.63, 3.8) is 0 Å². The van der Waals surface area contributed by atoms with Crippen LogP contribution >= 0.6 is 0 Å². The first-order valence-corrected chi connectivity index (χ1v) is 8.55. The molecule has 1 atom stereocenters. The maximum Gasteiger partial charge on any atom is 0.419 e. The number of carbonyl (C=O) groups excluding carboxylic acids is 2. The van der Waals surface area contributed by atoms with Crippen molar-refractivity contribution in [3.05, 3.63) is 54.1 Å². The minimum atomic E-state index is -4.96. The summed E-state index contributed by atoms with van der Waals surface area (Å²) in [6, 6.07) is 6.84. The van der Waals surface area contributed by atoms with Crippen LogP contribution in [0.15, 0.2) is 48.5 Å². The van der Waals surface area contributed by atoms with Crippen LogP contribution in [-0.2, 0) is 15.8 Å². The first-order valence-electron chi connectivity index (χ1n) is 8.55. The molecule has 1 heterocycles. The molecule has 11 heteroatoms. The van der Waals surface area contributed by atoms with Gasteiger partial charge >= 0.3 is 12.4 Å². The Bertz CT molecular complexity index is 958. The van der Waals surface area contributed by atoms with Crippen LogP contribution in [0.4, 0.5) is 37.7 Å². The van der Waals surface area contributed by atoms with Crippen LogP contribution in [0.3, 0.4) is 0 Å². The second-order valence-corrected chi connectivity index (χ2v) is 6.37. The maximum atomic E-state index is 13.6. The van der Waals surface area contributed by atoms with E-state index in [9.17, 15) is 35.9 Å². The number of ether oxygens (including phenoxy) is 1. The number of para-hydroxylation sites is 3. The molecule has 0 spiro atoms. The van der Waals surface area contributed by atoms with E-state index in [4.69, 9.17) is 4.74 Å². The van der Waals surface area contributed by atoms with Crippen LogP contribution in [0, 0.1) is 0 Å². The number of nitrogens with zero attached hydrogens (tertiary/aromatic N) is 1. The first kappa shape index (κ1) is 21.5. The lowest BCUT2D eigenvalue weighted by Crippen LogP contribution is -2.51. The van der Waals surface area contributed by atoms with Crippen LogP contribution in [0.2, 0.25) is 0 Å². The fourth-order valence-electron chi connectivity index (χ4n) is 3.03. The predicted molar refractivity (Wildman–Crippen MR) is 94.0 cm³/mol. The standard InChI is InChI=1S/C19H14F6N2O3/c20-18(21,22)11-5-1-4-8-14(11)30-10-17(29)27-13-7-3-2-6-12(13)26-16(28)9-15(27)19(23,24)25/h1-8,15H,9-10H2,(H,26,28). The molecular weight excluding hydrogens is 418 g/mol. The van der Waals surface area contributed by atoms with Crippen LogP contribution in [0.5, 0.6) is 5.75 Å². The number of benzene rings is 2. The third-order valence-corrected chi connectivity index (χ3v) is 4.32. The van der Waals surface area contributed by atoms with Crippen LogP contribution in [-0.4, -0.2) is 30.6 Å². The normalized spacial score (nSPS) is 17.1. The van der Waals surface area contributed by atoms with Gasteiger partial charge in [0.05, 0.1) is 23.4 Å². The Morgan fingerprint density at radius 1 is 1.03 bits per heavy atom. The van der Waals surface area contributed by atoms with E-state index in [1.807, 2.05) is 0 Å². The van der Waals surface area contributed by atoms with Crippen LogP contribution in [0.25, 0.3) is 0 Å². The number of rotatable bonds is 3. The summed E-state index contributed by atoms with van der Waals surface area (Å²) in [6.45, 7) is -1.10. The lowest BCUT2D eigenvalue weighted by atomic mass is 10.1. The third-order valence-electron chi connectivity index (χ3n) is 4.32. The third kappa shape index (κ3) is 4.50. The van der Waals surface area contributed by atoms with Gasteiger partial charge in [-0.15, -0.1) is 0 Å². The molecule has 1 unspecified atom stereocenters. The van der Waals surface area contributed by atoms with E-state index < -0.39 is 54.5 Å². The van der Waals surface area contributed by atoms with E-state index in [-0.39, 0.29) is 11.4 Å². The lowest BCUT2D eigenvalue weighted by molar-refractivity contribution is -0.158. The molecule has 0 saturated heterocycles. The van der Waals surface area contributed by atoms with Crippen molar-refractivity contribution >= 4 is 23.2 Å². The summed E-state index contributed by atoms with van der Waals surface area (Å²) in [5, 5.41) is 2.29. The summed E-state index contributed by atoms with van der Waals surface area (Å²) in [5.41, 5.74) is -1.43. The van der Waals surface area contributed by atoms with E-state index in [0.29, 0.717) is 4.90 Å². The summed E-state index contributed by atoms with van der Waals surface area (Å²) in [7, 11) is 0. The maximum absolute atomic E-state index is 13.6. The van der Waals surface area contributed by atoms with Gasteiger partial charge in [0.1, 0.15) is 11.8 Å². The number of carbonyl (C=O) groups is 2. The van der Waals surface area contributed by atoms with Gasteiger partial charge in [0.25, 0.3) is 5.91 Å². The average Bonchev–Trinajstić information content (AvgIpc) is 2.81. The minimum Gasteiger partial charge on any atom is -0.483 e. The molecule has 2 aromatic carbocycles. The van der Waals surface area contributed by atoms with E-state index in [2.05, 4.69) is 5.32 Å². The van der Waals surface area contributed by atoms with Crippen LogP contribution in [0.1, 0.15) is 12.0 Å². The molecule has 0 saturated carbocycles. The first-order chi connectivity index (χ1) is 14.0. The number of nitrogens with one attached hydrogen (secondary N) is 1. The molecule has 0 fully saturated rings. The molecule has 3 rings (SSSR count). The molecule has 0 aliphatic carbocycles. The van der Waals surface area contributed by atoms with Gasteiger partial charge < -0.3 is 10.1 Å². The monoisotopic (exact) mass is 432 g/mol. The van der Waals surface area contributed by atoms with Gasteiger partial charge in [-0.25, -0.2) is 0 Å². The minimum absolute atomic E-state index is 0.0294. The molecule has 0 radical (unpaired) electrons. The highest BCUT2D eigenvalue weighted by Gasteiger charge is 2.49. The van der Waals surface area contributed by atoms with E-state index in [1.54, 1.807) is 0 Å². The van der Waals surface area contributed by atoms with Crippen molar-refractivity contribution in [2.24, 2.45) is 0 Å². The zero-order valence-electron chi connectivity index (χ0n) is 15.1. The van der Waals surface area contributed by atoms with Crippen molar-refractivity contribution < 1.29 is 40.7 Å². The molecule has 1 N–H and O–H groups in total. The molecule has 0 bridgehead atoms. The fraction of sp³-hybridized carbons (Fsp3) is 0.263. The Morgan fingerprint density at radius 3 is 2.33 bits per heavy atom. The van der Waals surface area contributed by atoms with E-state index in [0.717, 1.165) is 18.2 Å². The summed E-state index contributed by atoms with van der Waals surface area (Å²) >= 11 is 0. The van der Waals surface area contributed by atoms with Gasteiger partial charge in [0, 0.05) is 0 Å². The molecule has 5 nitrogen and oxygen atoms in total. The second kappa shape index (κ2) is 7.88. The van der Waals surface area contributed by atoms with Crippen molar-refractivity contribution in [2.75, 3.05) is 16.8 Å². The van der Waals surface area contributed by atoms with Crippen molar-refractivity contribution in [2.45, 2.75) is 24.8 Å². The van der Waals surface area contributed by atoms with Gasteiger partial charge in [-0.05, 0) is 24.3 Å². The topological polar surface area (TPSA) is 58.6 Å². The Balaban J connectivity index is 1.94.